The number of hydrogen-bond donors (Lipinski definition) is 1. The van der Waals surface area contributed by atoms with Crippen LogP contribution < -0.4 is 10.1 Å². The number of nitrogens with zero attached hydrogens (tertiary/aromatic N) is 1. The van der Waals surface area contributed by atoms with Crippen molar-refractivity contribution in [1.29, 1.82) is 0 Å². The third-order valence-electron chi connectivity index (χ3n) is 4.10. The molecule has 0 radical (unpaired) electrons. The number of halogens is 1. The predicted octanol–water partition coefficient (Wildman–Crippen LogP) is 3.86. The standard InChI is InChI=1S/C18H25ClN2O3/c1-3-8-16(22)21-12-6-5-11-15(21)18(23)20-14-10-7-9-13(19)17(14)24-4-2/h7,9-10,15H,3-6,8,11-12H2,1-2H3,(H,20,23). The fraction of sp³-hybridized carbons (Fsp3) is 0.556. The normalized spacial score (nSPS) is 17.5. The highest BCUT2D eigenvalue weighted by Crippen LogP contribution is 2.33. The Kier molecular flexibility index (Phi) is 6.91. The van der Waals surface area contributed by atoms with Crippen molar-refractivity contribution in [1.82, 2.24) is 4.90 Å². The summed E-state index contributed by atoms with van der Waals surface area (Å²) in [7, 11) is 0. The number of carbonyl (C=O) groups is 2. The van der Waals surface area contributed by atoms with Crippen LogP contribution >= 0.6 is 11.6 Å². The van der Waals surface area contributed by atoms with Gasteiger partial charge in [0.15, 0.2) is 5.75 Å². The van der Waals surface area contributed by atoms with Crippen molar-refractivity contribution < 1.29 is 14.3 Å². The van der Waals surface area contributed by atoms with Gasteiger partial charge in [-0.1, -0.05) is 24.6 Å². The molecule has 2 amide bonds. The van der Waals surface area contributed by atoms with Gasteiger partial charge in [-0.15, -0.1) is 0 Å². The summed E-state index contributed by atoms with van der Waals surface area (Å²) in [4.78, 5) is 26.8. The van der Waals surface area contributed by atoms with Gasteiger partial charge in [-0.05, 0) is 44.7 Å². The van der Waals surface area contributed by atoms with E-state index in [-0.39, 0.29) is 11.8 Å². The maximum atomic E-state index is 12.8. The number of piperidine rings is 1. The minimum atomic E-state index is -0.425. The topological polar surface area (TPSA) is 58.6 Å². The van der Waals surface area contributed by atoms with E-state index in [0.29, 0.717) is 42.5 Å². The number of anilines is 1. The molecule has 5 nitrogen and oxygen atoms in total. The monoisotopic (exact) mass is 352 g/mol. The summed E-state index contributed by atoms with van der Waals surface area (Å²) in [5.74, 6) is 0.341. The number of nitrogens with one attached hydrogen (secondary N) is 1. The number of benzene rings is 1. The number of para-hydroxylation sites is 1. The predicted molar refractivity (Wildman–Crippen MR) is 95.5 cm³/mol. The first-order valence-electron chi connectivity index (χ1n) is 8.60. The van der Waals surface area contributed by atoms with Crippen LogP contribution in [0.2, 0.25) is 5.02 Å². The van der Waals surface area contributed by atoms with Crippen LogP contribution in [0, 0.1) is 0 Å². The van der Waals surface area contributed by atoms with Gasteiger partial charge in [0.25, 0.3) is 0 Å². The van der Waals surface area contributed by atoms with Gasteiger partial charge in [0.1, 0.15) is 6.04 Å². The van der Waals surface area contributed by atoms with Gasteiger partial charge < -0.3 is 15.0 Å². The lowest BCUT2D eigenvalue weighted by Gasteiger charge is -2.35. The number of ether oxygens (including phenoxy) is 1. The van der Waals surface area contributed by atoms with E-state index in [2.05, 4.69) is 5.32 Å². The van der Waals surface area contributed by atoms with E-state index in [9.17, 15) is 9.59 Å². The quantitative estimate of drug-likeness (QED) is 0.845. The molecule has 1 fully saturated rings. The number of likely N-dealkylation sites (tertiary alicyclic amines) is 1. The third kappa shape index (κ3) is 4.41. The maximum Gasteiger partial charge on any atom is 0.247 e. The van der Waals surface area contributed by atoms with Crippen LogP contribution in [0.5, 0.6) is 5.75 Å². The molecular formula is C18H25ClN2O3. The Morgan fingerprint density at radius 3 is 2.83 bits per heavy atom. The van der Waals surface area contributed by atoms with Gasteiger partial charge >= 0.3 is 0 Å². The second-order valence-corrected chi connectivity index (χ2v) is 6.29. The van der Waals surface area contributed by atoms with E-state index in [1.54, 1.807) is 23.1 Å². The summed E-state index contributed by atoms with van der Waals surface area (Å²) in [6.07, 6.45) is 3.84. The molecule has 0 aromatic heterocycles. The lowest BCUT2D eigenvalue weighted by atomic mass is 10.0. The number of hydrogen-bond acceptors (Lipinski definition) is 3. The molecule has 2 rings (SSSR count). The Bertz CT molecular complexity index is 592. The second kappa shape index (κ2) is 8.92. The molecule has 0 spiro atoms. The van der Waals surface area contributed by atoms with Gasteiger partial charge in [-0.2, -0.15) is 0 Å². The largest absolute Gasteiger partial charge is 0.490 e. The Hall–Kier alpha value is -1.75. The zero-order valence-electron chi connectivity index (χ0n) is 14.3. The van der Waals surface area contributed by atoms with E-state index >= 15 is 0 Å². The van der Waals surface area contributed by atoms with Crippen LogP contribution in [-0.2, 0) is 9.59 Å². The minimum absolute atomic E-state index is 0.0495. The highest BCUT2D eigenvalue weighted by Gasteiger charge is 2.32. The zero-order chi connectivity index (χ0) is 17.5. The van der Waals surface area contributed by atoms with Crippen LogP contribution in [0.4, 0.5) is 5.69 Å². The fourth-order valence-electron chi connectivity index (χ4n) is 2.97. The van der Waals surface area contributed by atoms with Gasteiger partial charge in [-0.3, -0.25) is 9.59 Å². The molecule has 24 heavy (non-hydrogen) atoms. The SMILES string of the molecule is CCCC(=O)N1CCCCC1C(=O)Nc1cccc(Cl)c1OCC. The van der Waals surface area contributed by atoms with Crippen molar-refractivity contribution in [2.75, 3.05) is 18.5 Å². The molecule has 1 atom stereocenters. The molecule has 1 heterocycles. The van der Waals surface area contributed by atoms with Crippen molar-refractivity contribution >= 4 is 29.1 Å². The summed E-state index contributed by atoms with van der Waals surface area (Å²) in [5, 5.41) is 3.35. The molecule has 0 aliphatic carbocycles. The van der Waals surface area contributed by atoms with E-state index in [1.807, 2.05) is 13.8 Å². The smallest absolute Gasteiger partial charge is 0.247 e. The molecule has 1 N–H and O–H groups in total. The Balaban J connectivity index is 2.15. The van der Waals surface area contributed by atoms with Crippen molar-refractivity contribution in [3.8, 4) is 5.75 Å². The molecule has 1 aliphatic heterocycles. The van der Waals surface area contributed by atoms with Gasteiger partial charge in [-0.25, -0.2) is 0 Å². The molecule has 1 aromatic rings. The minimum Gasteiger partial charge on any atom is -0.490 e. The molecule has 6 heteroatoms. The third-order valence-corrected chi connectivity index (χ3v) is 4.40. The average Bonchev–Trinajstić information content (AvgIpc) is 2.58. The van der Waals surface area contributed by atoms with Crippen LogP contribution in [0.1, 0.15) is 46.0 Å². The average molecular weight is 353 g/mol. The number of amides is 2. The van der Waals surface area contributed by atoms with Gasteiger partial charge in [0.2, 0.25) is 11.8 Å². The van der Waals surface area contributed by atoms with Crippen LogP contribution in [0.15, 0.2) is 18.2 Å². The van der Waals surface area contributed by atoms with Crippen LogP contribution in [0.3, 0.4) is 0 Å². The highest BCUT2D eigenvalue weighted by molar-refractivity contribution is 6.32. The van der Waals surface area contributed by atoms with Crippen LogP contribution in [0.25, 0.3) is 0 Å². The maximum absolute atomic E-state index is 12.8. The summed E-state index contributed by atoms with van der Waals surface area (Å²) >= 11 is 6.16. The van der Waals surface area contributed by atoms with Gasteiger partial charge in [0, 0.05) is 13.0 Å². The number of rotatable bonds is 6. The van der Waals surface area contributed by atoms with Gasteiger partial charge in [0.05, 0.1) is 17.3 Å². The van der Waals surface area contributed by atoms with E-state index < -0.39 is 6.04 Å². The molecule has 0 saturated carbocycles. The number of carbonyl (C=O) groups excluding carboxylic acids is 2. The molecule has 1 unspecified atom stereocenters. The molecule has 1 saturated heterocycles. The summed E-state index contributed by atoms with van der Waals surface area (Å²) in [6, 6.07) is 4.82. The Labute approximate surface area is 148 Å². The molecule has 0 bridgehead atoms. The summed E-state index contributed by atoms with van der Waals surface area (Å²) < 4.78 is 5.54. The van der Waals surface area contributed by atoms with E-state index in [0.717, 1.165) is 19.3 Å². The van der Waals surface area contributed by atoms with Crippen molar-refractivity contribution in [3.63, 3.8) is 0 Å². The first kappa shape index (κ1) is 18.6. The van der Waals surface area contributed by atoms with Crippen molar-refractivity contribution in [2.45, 2.75) is 52.0 Å². The lowest BCUT2D eigenvalue weighted by molar-refractivity contribution is -0.140. The summed E-state index contributed by atoms with van der Waals surface area (Å²) in [6.45, 7) is 4.93. The first-order valence-corrected chi connectivity index (χ1v) is 8.97. The Morgan fingerprint density at radius 2 is 2.12 bits per heavy atom. The lowest BCUT2D eigenvalue weighted by Crippen LogP contribution is -2.49. The Morgan fingerprint density at radius 1 is 1.33 bits per heavy atom. The first-order chi connectivity index (χ1) is 11.6. The van der Waals surface area contributed by atoms with Crippen LogP contribution in [-0.4, -0.2) is 35.9 Å². The van der Waals surface area contributed by atoms with Crippen molar-refractivity contribution in [3.05, 3.63) is 23.2 Å². The molecule has 1 aromatic carbocycles. The fourth-order valence-corrected chi connectivity index (χ4v) is 3.20. The van der Waals surface area contributed by atoms with Crippen molar-refractivity contribution in [2.24, 2.45) is 0 Å². The molecule has 132 valence electrons. The highest BCUT2D eigenvalue weighted by atomic mass is 35.5. The second-order valence-electron chi connectivity index (χ2n) is 5.89. The zero-order valence-corrected chi connectivity index (χ0v) is 15.1. The van der Waals surface area contributed by atoms with E-state index in [4.69, 9.17) is 16.3 Å². The van der Waals surface area contributed by atoms with E-state index in [1.165, 1.54) is 0 Å². The summed E-state index contributed by atoms with van der Waals surface area (Å²) in [5.41, 5.74) is 0.544. The molecule has 1 aliphatic rings. The molecular weight excluding hydrogens is 328 g/mol.